The zero-order valence-corrected chi connectivity index (χ0v) is 20.5. The fourth-order valence-corrected chi connectivity index (χ4v) is 4.97. The summed E-state index contributed by atoms with van der Waals surface area (Å²) >= 11 is 9.22. The molecular weight excluding hydrogens is 488 g/mol. The summed E-state index contributed by atoms with van der Waals surface area (Å²) in [5.41, 5.74) is 2.35. The molecule has 0 aliphatic heterocycles. The van der Waals surface area contributed by atoms with Crippen molar-refractivity contribution in [3.05, 3.63) is 99.6 Å². The van der Waals surface area contributed by atoms with E-state index in [0.717, 1.165) is 11.1 Å². The molecule has 0 radical (unpaired) electrons. The van der Waals surface area contributed by atoms with Crippen molar-refractivity contribution >= 4 is 46.0 Å². The van der Waals surface area contributed by atoms with Crippen LogP contribution in [0.15, 0.2) is 92.2 Å². The number of para-hydroxylation sites is 1. The molecule has 0 saturated carbocycles. The molecule has 0 aliphatic rings. The highest BCUT2D eigenvalue weighted by atomic mass is 35.5. The predicted molar refractivity (Wildman–Crippen MR) is 138 cm³/mol. The molecule has 0 bridgehead atoms. The van der Waals surface area contributed by atoms with E-state index < -0.39 is 0 Å². The largest absolute Gasteiger partial charge is 0.338 e. The van der Waals surface area contributed by atoms with Crippen LogP contribution in [0.25, 0.3) is 22.3 Å². The Kier molecular flexibility index (Phi) is 6.71. The van der Waals surface area contributed by atoms with Gasteiger partial charge in [-0.2, -0.15) is 4.98 Å². The predicted octanol–water partition coefficient (Wildman–Crippen LogP) is 6.16. The van der Waals surface area contributed by atoms with Gasteiger partial charge in [0.2, 0.25) is 11.7 Å². The van der Waals surface area contributed by atoms with Crippen molar-refractivity contribution in [1.82, 2.24) is 19.7 Å². The van der Waals surface area contributed by atoms with E-state index in [1.54, 1.807) is 22.4 Å². The van der Waals surface area contributed by atoms with E-state index in [-0.39, 0.29) is 5.56 Å². The van der Waals surface area contributed by atoms with Crippen LogP contribution in [0, 0.1) is 0 Å². The molecule has 0 saturated heterocycles. The second kappa shape index (κ2) is 10.0. The Morgan fingerprint density at radius 1 is 1.00 bits per heavy atom. The zero-order valence-electron chi connectivity index (χ0n) is 18.1. The van der Waals surface area contributed by atoms with E-state index in [4.69, 9.17) is 21.1 Å². The Balaban J connectivity index is 1.44. The lowest BCUT2D eigenvalue weighted by molar-refractivity contribution is 0.391. The standard InChI is InChI=1S/C25H19ClN4O2S2/c1-33-19-11-9-17(10-12-19)23-28-22(32-29-23)15-34-25-27-21-8-3-2-7-20(21)24(31)30(25)14-16-5-4-6-18(26)13-16/h2-13H,14-15H2,1H3. The maximum Gasteiger partial charge on any atom is 0.262 e. The minimum absolute atomic E-state index is 0.104. The first kappa shape index (κ1) is 22.7. The van der Waals surface area contributed by atoms with Crippen LogP contribution >= 0.6 is 35.1 Å². The molecule has 3 aromatic carbocycles. The van der Waals surface area contributed by atoms with Gasteiger partial charge in [0.1, 0.15) is 0 Å². The molecular formula is C25H19ClN4O2S2. The smallest absolute Gasteiger partial charge is 0.262 e. The molecule has 2 heterocycles. The SMILES string of the molecule is CSc1ccc(-c2noc(CSc3nc4ccccc4c(=O)n3Cc3cccc(Cl)c3)n2)cc1. The number of hydrogen-bond acceptors (Lipinski definition) is 7. The van der Waals surface area contributed by atoms with Crippen LogP contribution in [0.5, 0.6) is 0 Å². The van der Waals surface area contributed by atoms with Crippen molar-refractivity contribution < 1.29 is 4.52 Å². The van der Waals surface area contributed by atoms with Crippen molar-refractivity contribution in [1.29, 1.82) is 0 Å². The van der Waals surface area contributed by atoms with Crippen LogP contribution < -0.4 is 5.56 Å². The molecule has 0 aliphatic carbocycles. The number of thioether (sulfide) groups is 2. The molecule has 0 atom stereocenters. The molecule has 0 amide bonds. The van der Waals surface area contributed by atoms with Crippen molar-refractivity contribution in [3.8, 4) is 11.4 Å². The maximum atomic E-state index is 13.3. The van der Waals surface area contributed by atoms with Crippen molar-refractivity contribution in [2.24, 2.45) is 0 Å². The molecule has 5 rings (SSSR count). The summed E-state index contributed by atoms with van der Waals surface area (Å²) in [5, 5.41) is 5.88. The van der Waals surface area contributed by atoms with Crippen LogP contribution in [0.1, 0.15) is 11.5 Å². The molecule has 0 spiro atoms. The van der Waals surface area contributed by atoms with Gasteiger partial charge in [0.15, 0.2) is 5.16 Å². The Morgan fingerprint density at radius 2 is 1.82 bits per heavy atom. The Labute approximate surface area is 209 Å². The van der Waals surface area contributed by atoms with Crippen molar-refractivity contribution in [3.63, 3.8) is 0 Å². The van der Waals surface area contributed by atoms with Gasteiger partial charge in [-0.25, -0.2) is 4.98 Å². The number of rotatable bonds is 7. The maximum absolute atomic E-state index is 13.3. The first-order valence-electron chi connectivity index (χ1n) is 10.4. The quantitative estimate of drug-likeness (QED) is 0.193. The topological polar surface area (TPSA) is 73.8 Å². The molecule has 0 N–H and O–H groups in total. The summed E-state index contributed by atoms with van der Waals surface area (Å²) in [6.07, 6.45) is 2.03. The van der Waals surface area contributed by atoms with Gasteiger partial charge >= 0.3 is 0 Å². The summed E-state index contributed by atoms with van der Waals surface area (Å²) in [5.74, 6) is 1.38. The molecule has 170 valence electrons. The Morgan fingerprint density at radius 3 is 2.62 bits per heavy atom. The molecule has 2 aromatic heterocycles. The van der Waals surface area contributed by atoms with E-state index in [0.29, 0.717) is 45.1 Å². The highest BCUT2D eigenvalue weighted by Crippen LogP contribution is 2.25. The number of hydrogen-bond donors (Lipinski definition) is 0. The lowest BCUT2D eigenvalue weighted by atomic mass is 10.2. The van der Waals surface area contributed by atoms with Gasteiger partial charge in [-0.15, -0.1) is 11.8 Å². The van der Waals surface area contributed by atoms with Crippen molar-refractivity contribution in [2.75, 3.05) is 6.26 Å². The number of aromatic nitrogens is 4. The van der Waals surface area contributed by atoms with Gasteiger partial charge in [-0.3, -0.25) is 9.36 Å². The van der Waals surface area contributed by atoms with Crippen LogP contribution in [0.4, 0.5) is 0 Å². The van der Waals surface area contributed by atoms with E-state index >= 15 is 0 Å². The van der Waals surface area contributed by atoms with Gasteiger partial charge in [-0.05, 0) is 60.4 Å². The molecule has 0 unspecified atom stereocenters. The van der Waals surface area contributed by atoms with E-state index in [1.807, 2.05) is 73.0 Å². The summed E-state index contributed by atoms with van der Waals surface area (Å²) in [6, 6.07) is 22.8. The summed E-state index contributed by atoms with van der Waals surface area (Å²) in [7, 11) is 0. The monoisotopic (exact) mass is 506 g/mol. The second-order valence-electron chi connectivity index (χ2n) is 7.46. The van der Waals surface area contributed by atoms with Gasteiger partial charge in [0.05, 0.1) is 23.2 Å². The van der Waals surface area contributed by atoms with E-state index in [1.165, 1.54) is 16.7 Å². The van der Waals surface area contributed by atoms with Gasteiger partial charge in [0.25, 0.3) is 5.56 Å². The average Bonchev–Trinajstić information content (AvgIpc) is 3.34. The third-order valence-electron chi connectivity index (χ3n) is 5.20. The van der Waals surface area contributed by atoms with Gasteiger partial charge in [-0.1, -0.05) is 52.8 Å². The highest BCUT2D eigenvalue weighted by molar-refractivity contribution is 7.98. The van der Waals surface area contributed by atoms with Crippen molar-refractivity contribution in [2.45, 2.75) is 22.3 Å². The molecule has 6 nitrogen and oxygen atoms in total. The van der Waals surface area contributed by atoms with Crippen LogP contribution in [-0.4, -0.2) is 25.9 Å². The number of benzene rings is 3. The third kappa shape index (κ3) is 4.89. The first-order valence-corrected chi connectivity index (χ1v) is 13.0. The molecule has 5 aromatic rings. The molecule has 0 fully saturated rings. The normalized spacial score (nSPS) is 11.2. The van der Waals surface area contributed by atoms with Gasteiger partial charge < -0.3 is 4.52 Å². The first-order chi connectivity index (χ1) is 16.6. The fourth-order valence-electron chi connectivity index (χ4n) is 3.51. The van der Waals surface area contributed by atoms with Crippen LogP contribution in [0.3, 0.4) is 0 Å². The summed E-state index contributed by atoms with van der Waals surface area (Å²) in [6.45, 7) is 0.358. The fraction of sp³-hybridized carbons (Fsp3) is 0.120. The number of fused-ring (bicyclic) bond motifs is 1. The molecule has 34 heavy (non-hydrogen) atoms. The Hall–Kier alpha value is -3.07. The lowest BCUT2D eigenvalue weighted by Gasteiger charge is -2.13. The summed E-state index contributed by atoms with van der Waals surface area (Å²) < 4.78 is 7.13. The van der Waals surface area contributed by atoms with Crippen LogP contribution in [0.2, 0.25) is 5.02 Å². The Bertz CT molecular complexity index is 1520. The lowest BCUT2D eigenvalue weighted by Crippen LogP contribution is -2.24. The van der Waals surface area contributed by atoms with E-state index in [2.05, 4.69) is 10.1 Å². The molecule has 9 heteroatoms. The minimum Gasteiger partial charge on any atom is -0.338 e. The zero-order chi connectivity index (χ0) is 23.5. The highest BCUT2D eigenvalue weighted by Gasteiger charge is 2.15. The number of halogens is 1. The average molecular weight is 507 g/mol. The van der Waals surface area contributed by atoms with Crippen LogP contribution in [-0.2, 0) is 12.3 Å². The second-order valence-corrected chi connectivity index (χ2v) is 9.72. The van der Waals surface area contributed by atoms with E-state index in [9.17, 15) is 4.79 Å². The third-order valence-corrected chi connectivity index (χ3v) is 7.14. The minimum atomic E-state index is -0.104. The summed E-state index contributed by atoms with van der Waals surface area (Å²) in [4.78, 5) is 23.8. The number of nitrogens with zero attached hydrogens (tertiary/aromatic N) is 4. The van der Waals surface area contributed by atoms with Gasteiger partial charge in [0, 0.05) is 15.5 Å².